The van der Waals surface area contributed by atoms with Gasteiger partial charge in [-0.3, -0.25) is 10.1 Å². The van der Waals surface area contributed by atoms with Gasteiger partial charge in [0.1, 0.15) is 0 Å². The lowest BCUT2D eigenvalue weighted by atomic mass is 10.1. The van der Waals surface area contributed by atoms with Crippen molar-refractivity contribution in [2.75, 3.05) is 5.88 Å². The van der Waals surface area contributed by atoms with Crippen molar-refractivity contribution in [3.05, 3.63) is 45.5 Å². The van der Waals surface area contributed by atoms with Crippen LogP contribution in [0.3, 0.4) is 0 Å². The fourth-order valence-electron chi connectivity index (χ4n) is 1.20. The molecular weight excluding hydrogens is 202 g/mol. The molecule has 0 bridgehead atoms. The van der Waals surface area contributed by atoms with Gasteiger partial charge < -0.3 is 0 Å². The molecular formula is C10H10ClNO2. The van der Waals surface area contributed by atoms with Gasteiger partial charge in [-0.1, -0.05) is 24.3 Å². The number of allylic oxidation sites excluding steroid dienone is 1. The summed E-state index contributed by atoms with van der Waals surface area (Å²) >= 11 is 5.48. The second kappa shape index (κ2) is 4.77. The Balaban J connectivity index is 3.22. The molecule has 14 heavy (non-hydrogen) atoms. The molecule has 1 aromatic carbocycles. The molecule has 3 nitrogen and oxygen atoms in total. The number of alkyl halides is 1. The number of halogens is 1. The Kier molecular flexibility index (Phi) is 3.65. The van der Waals surface area contributed by atoms with Gasteiger partial charge in [0.05, 0.1) is 10.5 Å². The van der Waals surface area contributed by atoms with Gasteiger partial charge in [-0.15, -0.1) is 11.6 Å². The van der Waals surface area contributed by atoms with Crippen molar-refractivity contribution >= 4 is 23.4 Å². The van der Waals surface area contributed by atoms with Crippen LogP contribution in [0.5, 0.6) is 0 Å². The molecule has 0 aromatic heterocycles. The maximum absolute atomic E-state index is 10.7. The van der Waals surface area contributed by atoms with Crippen LogP contribution in [-0.2, 0) is 0 Å². The fourth-order valence-corrected chi connectivity index (χ4v) is 1.29. The molecule has 0 saturated carbocycles. The van der Waals surface area contributed by atoms with Gasteiger partial charge in [-0.05, 0) is 12.5 Å². The highest BCUT2D eigenvalue weighted by atomic mass is 35.5. The summed E-state index contributed by atoms with van der Waals surface area (Å²) in [6.07, 6.45) is 3.37. The van der Waals surface area contributed by atoms with Gasteiger partial charge in [0.15, 0.2) is 0 Å². The highest BCUT2D eigenvalue weighted by Crippen LogP contribution is 2.23. The molecule has 1 aromatic rings. The lowest BCUT2D eigenvalue weighted by Gasteiger charge is -2.00. The zero-order chi connectivity index (χ0) is 10.6. The van der Waals surface area contributed by atoms with Crippen LogP contribution in [-0.4, -0.2) is 10.8 Å². The van der Waals surface area contributed by atoms with Crippen molar-refractivity contribution in [3.63, 3.8) is 0 Å². The molecule has 0 aliphatic heterocycles. The number of rotatable bonds is 3. The maximum Gasteiger partial charge on any atom is 0.276 e. The van der Waals surface area contributed by atoms with Gasteiger partial charge in [0.2, 0.25) is 0 Å². The largest absolute Gasteiger partial charge is 0.276 e. The van der Waals surface area contributed by atoms with Gasteiger partial charge in [-0.2, -0.15) is 0 Å². The number of benzene rings is 1. The summed E-state index contributed by atoms with van der Waals surface area (Å²) in [6, 6.07) is 4.99. The van der Waals surface area contributed by atoms with E-state index in [1.54, 1.807) is 18.2 Å². The molecule has 0 fully saturated rings. The Morgan fingerprint density at radius 3 is 2.86 bits per heavy atom. The van der Waals surface area contributed by atoms with E-state index in [0.29, 0.717) is 11.4 Å². The Morgan fingerprint density at radius 1 is 1.57 bits per heavy atom. The number of nitrogens with zero attached hydrogens (tertiary/aromatic N) is 1. The Hall–Kier alpha value is -1.35. The topological polar surface area (TPSA) is 43.1 Å². The molecule has 1 rings (SSSR count). The van der Waals surface area contributed by atoms with Gasteiger partial charge in [-0.25, -0.2) is 0 Å². The van der Waals surface area contributed by atoms with Crippen LogP contribution in [0.15, 0.2) is 24.3 Å². The smallest absolute Gasteiger partial charge is 0.258 e. The molecule has 0 saturated heterocycles. The minimum atomic E-state index is -0.388. The molecule has 0 aliphatic rings. The summed E-state index contributed by atoms with van der Waals surface area (Å²) in [6.45, 7) is 1.83. The molecule has 0 N–H and O–H groups in total. The van der Waals surface area contributed by atoms with Crippen molar-refractivity contribution in [1.82, 2.24) is 0 Å². The van der Waals surface area contributed by atoms with Crippen LogP contribution in [0.4, 0.5) is 5.69 Å². The third-order valence-electron chi connectivity index (χ3n) is 1.87. The summed E-state index contributed by atoms with van der Waals surface area (Å²) in [5.74, 6) is 0.353. The number of aryl methyl sites for hydroxylation is 1. The second-order valence-electron chi connectivity index (χ2n) is 2.82. The van der Waals surface area contributed by atoms with Gasteiger partial charge in [0, 0.05) is 11.9 Å². The van der Waals surface area contributed by atoms with Crippen LogP contribution in [0.2, 0.25) is 0 Å². The Labute approximate surface area is 87.2 Å². The predicted molar refractivity (Wildman–Crippen MR) is 57.6 cm³/mol. The molecule has 0 amide bonds. The zero-order valence-corrected chi connectivity index (χ0v) is 8.49. The molecule has 0 heterocycles. The third-order valence-corrected chi connectivity index (χ3v) is 2.05. The molecule has 0 aliphatic carbocycles. The third kappa shape index (κ3) is 2.33. The first kappa shape index (κ1) is 10.7. The summed E-state index contributed by atoms with van der Waals surface area (Å²) in [5, 5.41) is 10.7. The van der Waals surface area contributed by atoms with Crippen LogP contribution >= 0.6 is 11.6 Å². The number of nitro benzene ring substituents is 1. The van der Waals surface area contributed by atoms with E-state index in [2.05, 4.69) is 0 Å². The normalized spacial score (nSPS) is 10.7. The molecule has 4 heteroatoms. The van der Waals surface area contributed by atoms with Crippen LogP contribution in [0, 0.1) is 17.0 Å². The van der Waals surface area contributed by atoms with Crippen LogP contribution in [0.1, 0.15) is 11.1 Å². The first-order valence-electron chi connectivity index (χ1n) is 4.13. The van der Waals surface area contributed by atoms with E-state index in [1.807, 2.05) is 13.0 Å². The van der Waals surface area contributed by atoms with E-state index >= 15 is 0 Å². The average Bonchev–Trinajstić information content (AvgIpc) is 2.15. The van der Waals surface area contributed by atoms with E-state index in [4.69, 9.17) is 11.6 Å². The van der Waals surface area contributed by atoms with Crippen molar-refractivity contribution < 1.29 is 4.92 Å². The zero-order valence-electron chi connectivity index (χ0n) is 7.74. The Bertz CT molecular complexity index is 374. The summed E-state index contributed by atoms with van der Waals surface area (Å²) in [7, 11) is 0. The highest BCUT2D eigenvalue weighted by molar-refractivity contribution is 6.19. The molecule has 0 spiro atoms. The SMILES string of the molecule is Cc1cccc([N+](=O)[O-])c1C=CCCl. The minimum absolute atomic E-state index is 0.117. The highest BCUT2D eigenvalue weighted by Gasteiger charge is 2.11. The van der Waals surface area contributed by atoms with Crippen LogP contribution < -0.4 is 0 Å². The first-order valence-corrected chi connectivity index (χ1v) is 4.66. The summed E-state index contributed by atoms with van der Waals surface area (Å²) in [4.78, 5) is 10.3. The number of hydrogen-bond donors (Lipinski definition) is 0. The Morgan fingerprint density at radius 2 is 2.29 bits per heavy atom. The standard InChI is InChI=1S/C10H10ClNO2/c1-8-4-2-6-10(12(13)14)9(8)5-3-7-11/h2-6H,7H2,1H3. The van der Waals surface area contributed by atoms with Crippen molar-refractivity contribution in [2.24, 2.45) is 0 Å². The molecule has 0 unspecified atom stereocenters. The molecule has 74 valence electrons. The lowest BCUT2D eigenvalue weighted by molar-refractivity contribution is -0.385. The number of nitro groups is 1. The average molecular weight is 212 g/mol. The summed E-state index contributed by atoms with van der Waals surface area (Å²) < 4.78 is 0. The first-order chi connectivity index (χ1) is 6.66. The van der Waals surface area contributed by atoms with Crippen molar-refractivity contribution in [1.29, 1.82) is 0 Å². The predicted octanol–water partition coefficient (Wildman–Crippen LogP) is 3.16. The van der Waals surface area contributed by atoms with E-state index in [1.165, 1.54) is 6.07 Å². The van der Waals surface area contributed by atoms with E-state index in [0.717, 1.165) is 5.56 Å². The number of hydrogen-bond acceptors (Lipinski definition) is 2. The fraction of sp³-hybridized carbons (Fsp3) is 0.200. The van der Waals surface area contributed by atoms with E-state index in [9.17, 15) is 10.1 Å². The molecule has 0 radical (unpaired) electrons. The van der Waals surface area contributed by atoms with Crippen molar-refractivity contribution in [2.45, 2.75) is 6.92 Å². The second-order valence-corrected chi connectivity index (χ2v) is 3.13. The summed E-state index contributed by atoms with van der Waals surface area (Å²) in [5.41, 5.74) is 1.62. The minimum Gasteiger partial charge on any atom is -0.258 e. The van der Waals surface area contributed by atoms with E-state index in [-0.39, 0.29) is 10.6 Å². The van der Waals surface area contributed by atoms with E-state index < -0.39 is 0 Å². The van der Waals surface area contributed by atoms with Crippen molar-refractivity contribution in [3.8, 4) is 0 Å². The van der Waals surface area contributed by atoms with Gasteiger partial charge in [0.25, 0.3) is 5.69 Å². The quantitative estimate of drug-likeness (QED) is 0.438. The van der Waals surface area contributed by atoms with Gasteiger partial charge >= 0.3 is 0 Å². The van der Waals surface area contributed by atoms with Crippen LogP contribution in [0.25, 0.3) is 6.08 Å². The monoisotopic (exact) mass is 211 g/mol. The lowest BCUT2D eigenvalue weighted by Crippen LogP contribution is -1.93. The maximum atomic E-state index is 10.7. The molecule has 0 atom stereocenters.